The summed E-state index contributed by atoms with van der Waals surface area (Å²) in [7, 11) is 1.63. The second kappa shape index (κ2) is 9.48. The van der Waals surface area contributed by atoms with E-state index in [1.807, 2.05) is 35.2 Å². The van der Waals surface area contributed by atoms with Gasteiger partial charge in [-0.25, -0.2) is 9.97 Å². The molecule has 3 heterocycles. The Morgan fingerprint density at radius 1 is 0.939 bits per heavy atom. The van der Waals surface area contributed by atoms with Crippen molar-refractivity contribution in [2.24, 2.45) is 5.92 Å². The smallest absolute Gasteiger partial charge is 0.226 e. The number of ether oxygens (including phenoxy) is 2. The Labute approximate surface area is 194 Å². The fourth-order valence-electron chi connectivity index (χ4n) is 4.62. The maximum Gasteiger partial charge on any atom is 0.226 e. The first-order valence-electron chi connectivity index (χ1n) is 11.4. The molecule has 0 N–H and O–H groups in total. The van der Waals surface area contributed by atoms with E-state index < -0.39 is 0 Å². The maximum absolute atomic E-state index is 13.2. The molecule has 0 saturated carbocycles. The van der Waals surface area contributed by atoms with Gasteiger partial charge >= 0.3 is 0 Å². The van der Waals surface area contributed by atoms with Crippen molar-refractivity contribution < 1.29 is 14.3 Å². The zero-order valence-electron chi connectivity index (χ0n) is 18.8. The number of carbonyl (C=O) groups is 1. The molecule has 0 atom stereocenters. The van der Waals surface area contributed by atoms with Crippen LogP contribution >= 0.6 is 0 Å². The lowest BCUT2D eigenvalue weighted by Crippen LogP contribution is -2.44. The number of aromatic nitrogens is 2. The molecule has 0 radical (unpaired) electrons. The molecule has 0 bridgehead atoms. The average molecular weight is 445 g/mol. The van der Waals surface area contributed by atoms with Crippen LogP contribution in [0.5, 0.6) is 17.4 Å². The normalized spacial score (nSPS) is 16.3. The van der Waals surface area contributed by atoms with Gasteiger partial charge in [-0.3, -0.25) is 4.79 Å². The zero-order valence-corrected chi connectivity index (χ0v) is 18.8. The molecular formula is C26H28N4O3. The number of nitrogens with zero attached hydrogens (tertiary/aromatic N) is 4. The van der Waals surface area contributed by atoms with Gasteiger partial charge in [0, 0.05) is 38.2 Å². The molecule has 3 aromatic rings. The minimum absolute atomic E-state index is 0.0726. The number of hydrogen-bond acceptors (Lipinski definition) is 6. The predicted octanol–water partition coefficient (Wildman–Crippen LogP) is 4.08. The Hall–Kier alpha value is -3.61. The third-order valence-corrected chi connectivity index (χ3v) is 6.52. The van der Waals surface area contributed by atoms with E-state index in [-0.39, 0.29) is 11.8 Å². The van der Waals surface area contributed by atoms with Crippen molar-refractivity contribution in [3.8, 4) is 17.4 Å². The van der Waals surface area contributed by atoms with Crippen LogP contribution in [0.2, 0.25) is 0 Å². The molecule has 7 nitrogen and oxygen atoms in total. The van der Waals surface area contributed by atoms with Crippen LogP contribution in [0.1, 0.15) is 24.0 Å². The summed E-state index contributed by atoms with van der Waals surface area (Å²) in [5.41, 5.74) is 2.65. The molecule has 170 valence electrons. The molecule has 0 spiro atoms. The first-order valence-corrected chi connectivity index (χ1v) is 11.4. The molecule has 1 amide bonds. The minimum Gasteiger partial charge on any atom is -0.497 e. The standard InChI is InChI=1S/C26H28N4O3/c1-32-22-6-8-23(9-7-22)33-25-16-24(27-18-28-25)29-13-11-20(12-14-29)26(31)30-15-10-19-4-2-3-5-21(19)17-30/h2-9,16,18,20H,10-15,17H2,1H3. The highest BCUT2D eigenvalue weighted by molar-refractivity contribution is 5.79. The number of carbonyl (C=O) groups excluding carboxylic acids is 1. The molecule has 2 aliphatic heterocycles. The summed E-state index contributed by atoms with van der Waals surface area (Å²) in [6.45, 7) is 3.13. The van der Waals surface area contributed by atoms with E-state index in [1.165, 1.54) is 17.5 Å². The highest BCUT2D eigenvalue weighted by Gasteiger charge is 2.30. The molecule has 1 fully saturated rings. The van der Waals surface area contributed by atoms with Gasteiger partial charge in [-0.1, -0.05) is 24.3 Å². The number of rotatable bonds is 5. The number of piperidine rings is 1. The van der Waals surface area contributed by atoms with Crippen molar-refractivity contribution in [3.05, 3.63) is 72.1 Å². The predicted molar refractivity (Wildman–Crippen MR) is 126 cm³/mol. The van der Waals surface area contributed by atoms with E-state index in [4.69, 9.17) is 9.47 Å². The summed E-state index contributed by atoms with van der Waals surface area (Å²) in [5.74, 6) is 3.14. The summed E-state index contributed by atoms with van der Waals surface area (Å²) in [5, 5.41) is 0. The van der Waals surface area contributed by atoms with Gasteiger partial charge in [0.1, 0.15) is 23.6 Å². The largest absolute Gasteiger partial charge is 0.497 e. The summed E-state index contributed by atoms with van der Waals surface area (Å²) in [6, 6.07) is 17.7. The molecule has 1 aromatic heterocycles. The van der Waals surface area contributed by atoms with Gasteiger partial charge in [0.2, 0.25) is 11.8 Å². The Bertz CT molecular complexity index is 1110. The van der Waals surface area contributed by atoms with Crippen LogP contribution in [0.15, 0.2) is 60.9 Å². The van der Waals surface area contributed by atoms with Crippen molar-refractivity contribution in [1.29, 1.82) is 0 Å². The van der Waals surface area contributed by atoms with Gasteiger partial charge < -0.3 is 19.3 Å². The molecule has 0 aliphatic carbocycles. The van der Waals surface area contributed by atoms with E-state index in [0.29, 0.717) is 11.6 Å². The number of hydrogen-bond donors (Lipinski definition) is 0. The van der Waals surface area contributed by atoms with E-state index in [1.54, 1.807) is 7.11 Å². The lowest BCUT2D eigenvalue weighted by molar-refractivity contribution is -0.137. The van der Waals surface area contributed by atoms with Crippen LogP contribution < -0.4 is 14.4 Å². The van der Waals surface area contributed by atoms with Gasteiger partial charge in [0.15, 0.2) is 0 Å². The van der Waals surface area contributed by atoms with Gasteiger partial charge in [-0.05, 0) is 54.7 Å². The summed E-state index contributed by atoms with van der Waals surface area (Å²) in [6.07, 6.45) is 4.13. The Morgan fingerprint density at radius 2 is 1.67 bits per heavy atom. The second-order valence-electron chi connectivity index (χ2n) is 8.53. The third kappa shape index (κ3) is 4.77. The van der Waals surface area contributed by atoms with Crippen LogP contribution in [-0.2, 0) is 17.8 Å². The van der Waals surface area contributed by atoms with E-state index in [9.17, 15) is 4.79 Å². The fourth-order valence-corrected chi connectivity index (χ4v) is 4.62. The van der Waals surface area contributed by atoms with Crippen LogP contribution in [0, 0.1) is 5.92 Å². The van der Waals surface area contributed by atoms with Crippen LogP contribution in [0.4, 0.5) is 5.82 Å². The van der Waals surface area contributed by atoms with E-state index in [2.05, 4.69) is 39.1 Å². The summed E-state index contributed by atoms with van der Waals surface area (Å²) in [4.78, 5) is 26.1. The van der Waals surface area contributed by atoms with Crippen molar-refractivity contribution in [1.82, 2.24) is 14.9 Å². The molecule has 2 aliphatic rings. The third-order valence-electron chi connectivity index (χ3n) is 6.52. The lowest BCUT2D eigenvalue weighted by atomic mass is 9.93. The molecule has 5 rings (SSSR count). The van der Waals surface area contributed by atoms with Crippen molar-refractivity contribution in [2.45, 2.75) is 25.8 Å². The molecule has 1 saturated heterocycles. The maximum atomic E-state index is 13.2. The molecule has 0 unspecified atom stereocenters. The number of benzene rings is 2. The van der Waals surface area contributed by atoms with Crippen LogP contribution in [-0.4, -0.2) is 47.5 Å². The fraction of sp³-hybridized carbons (Fsp3) is 0.346. The highest BCUT2D eigenvalue weighted by Crippen LogP contribution is 2.28. The van der Waals surface area contributed by atoms with E-state index >= 15 is 0 Å². The van der Waals surface area contributed by atoms with Gasteiger partial charge in [-0.15, -0.1) is 0 Å². The van der Waals surface area contributed by atoms with E-state index in [0.717, 1.165) is 57.0 Å². The van der Waals surface area contributed by atoms with Gasteiger partial charge in [0.05, 0.1) is 7.11 Å². The first-order chi connectivity index (χ1) is 16.2. The van der Waals surface area contributed by atoms with Crippen molar-refractivity contribution in [3.63, 3.8) is 0 Å². The Balaban J connectivity index is 1.18. The zero-order chi connectivity index (χ0) is 22.6. The molecular weight excluding hydrogens is 416 g/mol. The summed E-state index contributed by atoms with van der Waals surface area (Å²) >= 11 is 0. The SMILES string of the molecule is COc1ccc(Oc2cc(N3CCC(C(=O)N4CCc5ccccc5C4)CC3)ncn2)cc1. The number of methoxy groups -OCH3 is 1. The monoisotopic (exact) mass is 444 g/mol. The van der Waals surface area contributed by atoms with Gasteiger partial charge in [-0.2, -0.15) is 0 Å². The van der Waals surface area contributed by atoms with Crippen molar-refractivity contribution in [2.75, 3.05) is 31.6 Å². The molecule has 33 heavy (non-hydrogen) atoms. The number of fused-ring (bicyclic) bond motifs is 1. The number of amides is 1. The second-order valence-corrected chi connectivity index (χ2v) is 8.53. The lowest BCUT2D eigenvalue weighted by Gasteiger charge is -2.36. The summed E-state index contributed by atoms with van der Waals surface area (Å²) < 4.78 is 11.1. The topological polar surface area (TPSA) is 67.8 Å². The quantitative estimate of drug-likeness (QED) is 0.591. The van der Waals surface area contributed by atoms with Crippen molar-refractivity contribution >= 4 is 11.7 Å². The highest BCUT2D eigenvalue weighted by atomic mass is 16.5. The minimum atomic E-state index is 0.0726. The Kier molecular flexibility index (Phi) is 6.11. The number of anilines is 1. The van der Waals surface area contributed by atoms with Crippen LogP contribution in [0.3, 0.4) is 0 Å². The Morgan fingerprint density at radius 3 is 2.42 bits per heavy atom. The van der Waals surface area contributed by atoms with Crippen LogP contribution in [0.25, 0.3) is 0 Å². The molecule has 2 aromatic carbocycles. The van der Waals surface area contributed by atoms with Gasteiger partial charge in [0.25, 0.3) is 0 Å². The average Bonchev–Trinajstić information content (AvgIpc) is 2.89. The first kappa shape index (κ1) is 21.2. The molecule has 7 heteroatoms.